The second-order valence-corrected chi connectivity index (χ2v) is 9.69. The van der Waals surface area contributed by atoms with Gasteiger partial charge in [-0.05, 0) is 63.4 Å². The number of phenolic OH excluding ortho intramolecular Hbond substituents is 1. The molecule has 0 aliphatic rings. The van der Waals surface area contributed by atoms with E-state index in [9.17, 15) is 46.6 Å². The number of hydrogen-bond donors (Lipinski definition) is 1. The fraction of sp³-hybridized carbons (Fsp3) is 0.125. The number of nitro benzene ring substituents is 1. The summed E-state index contributed by atoms with van der Waals surface area (Å²) in [5.41, 5.74) is -2.15. The number of halogens is 4. The number of alkyl halides is 2. The molecule has 0 fully saturated rings. The van der Waals surface area contributed by atoms with Crippen molar-refractivity contribution >= 4 is 72.9 Å². The van der Waals surface area contributed by atoms with Gasteiger partial charge in [-0.25, -0.2) is 18.0 Å². The van der Waals surface area contributed by atoms with Crippen molar-refractivity contribution in [1.29, 1.82) is 0 Å². The summed E-state index contributed by atoms with van der Waals surface area (Å²) in [5, 5.41) is 16.2. The number of hydrogen-bond acceptors (Lipinski definition) is 10. The van der Waals surface area contributed by atoms with Crippen LogP contribution in [-0.4, -0.2) is 46.8 Å². The van der Waals surface area contributed by atoms with Crippen LogP contribution in [0.1, 0.15) is 20.7 Å². The highest BCUT2D eigenvalue weighted by molar-refractivity contribution is 14.1. The third kappa shape index (κ3) is 5.98. The van der Waals surface area contributed by atoms with E-state index in [0.717, 1.165) is 6.07 Å². The number of carbonyl (C=O) groups excluding carboxylic acids is 2. The van der Waals surface area contributed by atoms with E-state index in [1.165, 1.54) is 6.07 Å². The minimum absolute atomic E-state index is 0.260. The van der Waals surface area contributed by atoms with E-state index in [1.807, 2.05) is 22.6 Å². The Morgan fingerprint density at radius 1 is 1.12 bits per heavy atom. The molecule has 16 heteroatoms. The molecule has 1 N–H and O–H groups in total. The highest BCUT2D eigenvalue weighted by Crippen LogP contribution is 2.30. The van der Waals surface area contributed by atoms with Crippen LogP contribution in [0, 0.1) is 17.3 Å². The van der Waals surface area contributed by atoms with E-state index in [2.05, 4.69) is 4.74 Å². The molecule has 0 amide bonds. The quantitative estimate of drug-likeness (QED) is 0.113. The van der Waals surface area contributed by atoms with Gasteiger partial charge in [-0.2, -0.15) is 8.78 Å². The van der Waals surface area contributed by atoms with Crippen LogP contribution in [0.4, 0.5) is 14.5 Å². The van der Waals surface area contributed by atoms with Gasteiger partial charge in [0.05, 0.1) is 8.49 Å². The number of esters is 2. The molecule has 2 aromatic rings. The van der Waals surface area contributed by atoms with Gasteiger partial charge >= 0.3 is 17.2 Å². The van der Waals surface area contributed by atoms with Crippen LogP contribution in [0.2, 0.25) is 0 Å². The lowest BCUT2D eigenvalue weighted by atomic mass is 10.1. The fourth-order valence-corrected chi connectivity index (χ4v) is 4.13. The zero-order chi connectivity index (χ0) is 24.4. The van der Waals surface area contributed by atoms with Crippen molar-refractivity contribution in [2.75, 3.05) is 6.61 Å². The fourth-order valence-electron chi connectivity index (χ4n) is 2.08. The van der Waals surface area contributed by atoms with Crippen LogP contribution in [0.5, 0.6) is 11.5 Å². The number of ether oxygens (including phenoxy) is 2. The van der Waals surface area contributed by atoms with Crippen LogP contribution in [0.15, 0.2) is 30.3 Å². The molecule has 2 aromatic carbocycles. The predicted molar refractivity (Wildman–Crippen MR) is 117 cm³/mol. The molecule has 0 bridgehead atoms. The third-order valence-corrected chi connectivity index (χ3v) is 5.87. The highest BCUT2D eigenvalue weighted by Gasteiger charge is 2.40. The summed E-state index contributed by atoms with van der Waals surface area (Å²) in [6, 6.07) is 5.09. The maximum absolute atomic E-state index is 13.2. The summed E-state index contributed by atoms with van der Waals surface area (Å²) >= 11 is 3.63. The summed E-state index contributed by atoms with van der Waals surface area (Å²) in [6.07, 6.45) is 0. The summed E-state index contributed by atoms with van der Waals surface area (Å²) in [4.78, 5) is 34.5. The first-order chi connectivity index (χ1) is 14.6. The van der Waals surface area contributed by atoms with Gasteiger partial charge in [0.2, 0.25) is 0 Å². The SMILES string of the molecule is O=C(OCC(F)(F)S(=O)(=O)[O-])c1cc(OC(=O)c2cc(I)cc(I)c2O)ccc1[N+](=O)[O-]. The van der Waals surface area contributed by atoms with Crippen LogP contribution >= 0.6 is 45.2 Å². The van der Waals surface area contributed by atoms with E-state index in [-0.39, 0.29) is 5.56 Å². The Morgan fingerprint density at radius 3 is 2.31 bits per heavy atom. The number of carbonyl (C=O) groups is 2. The first-order valence-corrected chi connectivity index (χ1v) is 11.4. The van der Waals surface area contributed by atoms with Crippen molar-refractivity contribution in [2.24, 2.45) is 0 Å². The van der Waals surface area contributed by atoms with Crippen molar-refractivity contribution in [1.82, 2.24) is 0 Å². The average molecular weight is 698 g/mol. The van der Waals surface area contributed by atoms with Gasteiger partial charge in [0.15, 0.2) is 16.7 Å². The van der Waals surface area contributed by atoms with Gasteiger partial charge in [-0.1, -0.05) is 0 Å². The molecule has 0 aromatic heterocycles. The van der Waals surface area contributed by atoms with Gasteiger partial charge in [-0.15, -0.1) is 0 Å². The number of aromatic hydroxyl groups is 1. The highest BCUT2D eigenvalue weighted by atomic mass is 127. The standard InChI is InChI=1S/C16H9F2I2NO10S/c17-16(18,32(27,28)29)6-30-14(23)9-5-8(1-2-12(9)21(25)26)31-15(24)10-3-7(19)4-11(20)13(10)22/h1-5,22H,6H2,(H,27,28,29)/p-1. The number of rotatable bonds is 7. The van der Waals surface area contributed by atoms with Crippen molar-refractivity contribution in [2.45, 2.75) is 5.25 Å². The summed E-state index contributed by atoms with van der Waals surface area (Å²) in [5.74, 6) is -3.73. The lowest BCUT2D eigenvalue weighted by Crippen LogP contribution is -2.34. The second-order valence-electron chi connectivity index (χ2n) is 5.78. The Hall–Kier alpha value is -2.19. The molecule has 11 nitrogen and oxygen atoms in total. The smallest absolute Gasteiger partial charge is 0.367 e. The van der Waals surface area contributed by atoms with Gasteiger partial charge in [0, 0.05) is 15.7 Å². The lowest BCUT2D eigenvalue weighted by molar-refractivity contribution is -0.385. The number of nitrogens with zero attached hydrogens (tertiary/aromatic N) is 1. The first-order valence-electron chi connectivity index (χ1n) is 7.83. The Labute approximate surface area is 204 Å². The largest absolute Gasteiger partial charge is 0.743 e. The minimum Gasteiger partial charge on any atom is -0.743 e. The van der Waals surface area contributed by atoms with E-state index >= 15 is 0 Å². The second kappa shape index (κ2) is 9.75. The van der Waals surface area contributed by atoms with Crippen LogP contribution in [0.3, 0.4) is 0 Å². The number of nitro groups is 1. The van der Waals surface area contributed by atoms with Crippen LogP contribution in [-0.2, 0) is 14.9 Å². The Bertz CT molecular complexity index is 1220. The molecule has 0 saturated carbocycles. The zero-order valence-corrected chi connectivity index (χ0v) is 20.2. The van der Waals surface area contributed by atoms with Crippen LogP contribution in [0.25, 0.3) is 0 Å². The first kappa shape index (κ1) is 26.1. The van der Waals surface area contributed by atoms with Gasteiger partial charge in [-0.3, -0.25) is 10.1 Å². The molecule has 0 saturated heterocycles. The molecule has 172 valence electrons. The Morgan fingerprint density at radius 2 is 1.75 bits per heavy atom. The number of phenols is 1. The van der Waals surface area contributed by atoms with Crippen molar-refractivity contribution in [3.8, 4) is 11.5 Å². The van der Waals surface area contributed by atoms with Gasteiger partial charge < -0.3 is 19.1 Å². The normalized spacial score (nSPS) is 11.7. The maximum Gasteiger partial charge on any atom is 0.367 e. The molecular formula is C16H8F2I2NO10S-. The van der Waals surface area contributed by atoms with Crippen molar-refractivity contribution in [3.63, 3.8) is 0 Å². The summed E-state index contributed by atoms with van der Waals surface area (Å²) in [6.45, 7) is -2.19. The maximum atomic E-state index is 13.2. The van der Waals surface area contributed by atoms with Gasteiger partial charge in [0.1, 0.15) is 22.6 Å². The molecule has 2 rings (SSSR count). The molecule has 32 heavy (non-hydrogen) atoms. The number of benzene rings is 2. The van der Waals surface area contributed by atoms with E-state index in [1.54, 1.807) is 28.7 Å². The third-order valence-electron chi connectivity index (χ3n) is 3.58. The lowest BCUT2D eigenvalue weighted by Gasteiger charge is -2.19. The van der Waals surface area contributed by atoms with Crippen LogP contribution < -0.4 is 4.74 Å². The Kier molecular flexibility index (Phi) is 7.94. The summed E-state index contributed by atoms with van der Waals surface area (Å²) < 4.78 is 67.8. The van der Waals surface area contributed by atoms with E-state index in [4.69, 9.17) is 4.74 Å². The molecule has 0 atom stereocenters. The van der Waals surface area contributed by atoms with Gasteiger partial charge in [0.25, 0.3) is 5.69 Å². The minimum atomic E-state index is -6.16. The molecular weight excluding hydrogens is 690 g/mol. The molecule has 0 radical (unpaired) electrons. The zero-order valence-electron chi connectivity index (χ0n) is 15.1. The topological polar surface area (TPSA) is 173 Å². The molecule has 0 aliphatic carbocycles. The van der Waals surface area contributed by atoms with E-state index < -0.39 is 61.6 Å². The van der Waals surface area contributed by atoms with Crippen molar-refractivity contribution < 1.29 is 50.8 Å². The summed E-state index contributed by atoms with van der Waals surface area (Å²) in [7, 11) is -6.16. The molecule has 0 heterocycles. The Balaban J connectivity index is 2.35. The molecule has 0 aliphatic heterocycles. The average Bonchev–Trinajstić information content (AvgIpc) is 2.67. The van der Waals surface area contributed by atoms with E-state index in [0.29, 0.717) is 19.3 Å². The van der Waals surface area contributed by atoms with Crippen molar-refractivity contribution in [3.05, 3.63) is 58.7 Å². The monoisotopic (exact) mass is 698 g/mol. The molecule has 0 spiro atoms. The molecule has 0 unspecified atom stereocenters. The predicted octanol–water partition coefficient (Wildman–Crippen LogP) is 3.02.